The molecule has 160 valence electrons. The summed E-state index contributed by atoms with van der Waals surface area (Å²) in [5.41, 5.74) is 4.47. The van der Waals surface area contributed by atoms with E-state index in [1.807, 2.05) is 45.4 Å². The number of rotatable bonds is 5. The van der Waals surface area contributed by atoms with Gasteiger partial charge >= 0.3 is 0 Å². The van der Waals surface area contributed by atoms with Crippen molar-refractivity contribution in [1.29, 1.82) is 0 Å². The lowest BCUT2D eigenvalue weighted by Gasteiger charge is -2.15. The highest BCUT2D eigenvalue weighted by atomic mass is 19.1. The minimum atomic E-state index is -0.297. The van der Waals surface area contributed by atoms with Gasteiger partial charge in [0.25, 0.3) is 5.91 Å². The number of amides is 1. The molecule has 0 saturated heterocycles. The molecule has 31 heavy (non-hydrogen) atoms. The smallest absolute Gasteiger partial charge is 0.253 e. The third-order valence-electron chi connectivity index (χ3n) is 5.43. The molecule has 0 fully saturated rings. The highest BCUT2D eigenvalue weighted by molar-refractivity contribution is 5.98. The third kappa shape index (κ3) is 3.81. The minimum absolute atomic E-state index is 0.185. The predicted molar refractivity (Wildman–Crippen MR) is 117 cm³/mol. The molecule has 1 amide bonds. The summed E-state index contributed by atoms with van der Waals surface area (Å²) in [6.45, 7) is 9.75. The highest BCUT2D eigenvalue weighted by Crippen LogP contribution is 2.23. The Morgan fingerprint density at radius 3 is 2.45 bits per heavy atom. The second-order valence-electron chi connectivity index (χ2n) is 7.99. The molecule has 1 aromatic carbocycles. The van der Waals surface area contributed by atoms with Gasteiger partial charge in [-0.3, -0.25) is 4.79 Å². The van der Waals surface area contributed by atoms with Crippen LogP contribution in [-0.4, -0.2) is 30.5 Å². The number of nitrogens with one attached hydrogen (secondary N) is 1. The van der Waals surface area contributed by atoms with Crippen LogP contribution in [0.25, 0.3) is 16.7 Å². The van der Waals surface area contributed by atoms with Crippen LogP contribution in [0.1, 0.15) is 60.2 Å². The molecule has 8 heteroatoms. The van der Waals surface area contributed by atoms with Crippen LogP contribution >= 0.6 is 0 Å². The van der Waals surface area contributed by atoms with E-state index in [1.54, 1.807) is 29.2 Å². The lowest BCUT2D eigenvalue weighted by atomic mass is 10.1. The van der Waals surface area contributed by atoms with Crippen LogP contribution in [0.15, 0.2) is 42.7 Å². The summed E-state index contributed by atoms with van der Waals surface area (Å²) in [4.78, 5) is 17.6. The van der Waals surface area contributed by atoms with Crippen LogP contribution in [0.5, 0.6) is 0 Å². The van der Waals surface area contributed by atoms with Crippen molar-refractivity contribution < 1.29 is 9.18 Å². The zero-order chi connectivity index (χ0) is 22.3. The van der Waals surface area contributed by atoms with Gasteiger partial charge in [-0.15, -0.1) is 0 Å². The first-order valence-corrected chi connectivity index (χ1v) is 10.2. The molecule has 0 aliphatic rings. The zero-order valence-electron chi connectivity index (χ0n) is 18.2. The van der Waals surface area contributed by atoms with Crippen molar-refractivity contribution in [3.8, 4) is 5.69 Å². The number of carbonyl (C=O) groups is 1. The average molecular weight is 420 g/mol. The normalized spacial score (nSPS) is 12.5. The van der Waals surface area contributed by atoms with Gasteiger partial charge in [0.1, 0.15) is 5.82 Å². The van der Waals surface area contributed by atoms with Crippen LogP contribution < -0.4 is 5.32 Å². The van der Waals surface area contributed by atoms with Crippen LogP contribution in [0.4, 0.5) is 4.39 Å². The van der Waals surface area contributed by atoms with Crippen molar-refractivity contribution in [1.82, 2.24) is 29.9 Å². The van der Waals surface area contributed by atoms with E-state index in [2.05, 4.69) is 20.5 Å². The van der Waals surface area contributed by atoms with E-state index in [-0.39, 0.29) is 23.8 Å². The number of nitrogens with zero attached hydrogens (tertiary/aromatic N) is 5. The predicted octanol–water partition coefficient (Wildman–Crippen LogP) is 4.44. The first-order valence-electron chi connectivity index (χ1n) is 10.2. The molecule has 0 radical (unpaired) electrons. The van der Waals surface area contributed by atoms with Gasteiger partial charge in [0, 0.05) is 22.7 Å². The zero-order valence-corrected chi connectivity index (χ0v) is 18.2. The summed E-state index contributed by atoms with van der Waals surface area (Å²) in [5, 5.41) is 12.7. The molecular formula is C23H25FN6O. The molecule has 0 aliphatic heterocycles. The van der Waals surface area contributed by atoms with E-state index >= 15 is 0 Å². The average Bonchev–Trinajstić information content (AvgIpc) is 3.31. The Morgan fingerprint density at radius 2 is 1.77 bits per heavy atom. The molecule has 4 aromatic rings. The fourth-order valence-corrected chi connectivity index (χ4v) is 3.72. The molecule has 4 rings (SSSR count). The molecule has 1 unspecified atom stereocenters. The van der Waals surface area contributed by atoms with Crippen molar-refractivity contribution in [2.24, 2.45) is 0 Å². The largest absolute Gasteiger partial charge is 0.345 e. The van der Waals surface area contributed by atoms with Crippen LogP contribution in [0.3, 0.4) is 0 Å². The van der Waals surface area contributed by atoms with Crippen LogP contribution in [-0.2, 0) is 0 Å². The Balaban J connectivity index is 1.58. The van der Waals surface area contributed by atoms with E-state index in [1.165, 1.54) is 12.1 Å². The SMILES string of the molecule is Cc1nc2c(cnn2C(C)C)cc1C(=O)NC(C)c1cnn(-c2ccc(F)cc2)c1C. The molecular weight excluding hydrogens is 395 g/mol. The first kappa shape index (κ1) is 20.7. The van der Waals surface area contributed by atoms with Crippen molar-refractivity contribution >= 4 is 16.9 Å². The summed E-state index contributed by atoms with van der Waals surface area (Å²) in [6, 6.07) is 7.89. The quantitative estimate of drug-likeness (QED) is 0.518. The van der Waals surface area contributed by atoms with Gasteiger partial charge in [-0.1, -0.05) is 0 Å². The second kappa shape index (κ2) is 7.94. The number of aryl methyl sites for hydroxylation is 1. The van der Waals surface area contributed by atoms with E-state index in [4.69, 9.17) is 0 Å². The van der Waals surface area contributed by atoms with Gasteiger partial charge in [0.05, 0.1) is 35.4 Å². The maximum atomic E-state index is 13.2. The van der Waals surface area contributed by atoms with E-state index < -0.39 is 0 Å². The van der Waals surface area contributed by atoms with Crippen LogP contribution in [0.2, 0.25) is 0 Å². The molecule has 0 bridgehead atoms. The summed E-state index contributed by atoms with van der Waals surface area (Å²) >= 11 is 0. The number of pyridine rings is 1. The van der Waals surface area contributed by atoms with Crippen molar-refractivity contribution in [3.63, 3.8) is 0 Å². The van der Waals surface area contributed by atoms with Gasteiger partial charge in [0.2, 0.25) is 0 Å². The minimum Gasteiger partial charge on any atom is -0.345 e. The third-order valence-corrected chi connectivity index (χ3v) is 5.43. The number of carbonyl (C=O) groups excluding carboxylic acids is 1. The molecule has 3 aromatic heterocycles. The maximum absolute atomic E-state index is 13.2. The van der Waals surface area contributed by atoms with Gasteiger partial charge in [-0.25, -0.2) is 18.7 Å². The van der Waals surface area contributed by atoms with Crippen LogP contribution in [0, 0.1) is 19.7 Å². The van der Waals surface area contributed by atoms with Crippen molar-refractivity contribution in [2.75, 3.05) is 0 Å². The van der Waals surface area contributed by atoms with E-state index in [0.29, 0.717) is 11.3 Å². The number of benzene rings is 1. The summed E-state index contributed by atoms with van der Waals surface area (Å²) in [7, 11) is 0. The standard InChI is InChI=1S/C23H25FN6O/c1-13(2)29-22-17(11-25-29)10-20(14(3)27-22)23(31)28-15(4)21-12-26-30(16(21)5)19-8-6-18(24)7-9-19/h6-13,15H,1-5H3,(H,28,31). The molecule has 0 aliphatic carbocycles. The number of halogens is 1. The Labute approximate surface area is 179 Å². The fourth-order valence-electron chi connectivity index (χ4n) is 3.72. The summed E-state index contributed by atoms with van der Waals surface area (Å²) < 4.78 is 16.8. The van der Waals surface area contributed by atoms with Gasteiger partial charge in [-0.05, 0) is 65.0 Å². The Bertz CT molecular complexity index is 1260. The monoisotopic (exact) mass is 420 g/mol. The molecule has 1 N–H and O–H groups in total. The molecule has 0 saturated carbocycles. The lowest BCUT2D eigenvalue weighted by molar-refractivity contribution is 0.0939. The number of hydrogen-bond donors (Lipinski definition) is 1. The van der Waals surface area contributed by atoms with Crippen molar-refractivity contribution in [3.05, 3.63) is 71.1 Å². The number of hydrogen-bond acceptors (Lipinski definition) is 4. The Morgan fingerprint density at radius 1 is 1.06 bits per heavy atom. The fraction of sp³-hybridized carbons (Fsp3) is 0.304. The topological polar surface area (TPSA) is 77.6 Å². The number of fused-ring (bicyclic) bond motifs is 1. The van der Waals surface area contributed by atoms with E-state index in [9.17, 15) is 9.18 Å². The Kier molecular flexibility index (Phi) is 5.31. The molecule has 7 nitrogen and oxygen atoms in total. The summed E-state index contributed by atoms with van der Waals surface area (Å²) in [6.07, 6.45) is 3.46. The maximum Gasteiger partial charge on any atom is 0.253 e. The molecule has 3 heterocycles. The van der Waals surface area contributed by atoms with Crippen molar-refractivity contribution in [2.45, 2.75) is 46.7 Å². The van der Waals surface area contributed by atoms with Gasteiger partial charge in [0.15, 0.2) is 5.65 Å². The highest BCUT2D eigenvalue weighted by Gasteiger charge is 2.20. The van der Waals surface area contributed by atoms with Gasteiger partial charge < -0.3 is 5.32 Å². The summed E-state index contributed by atoms with van der Waals surface area (Å²) in [5.74, 6) is -0.500. The lowest BCUT2D eigenvalue weighted by Crippen LogP contribution is -2.28. The van der Waals surface area contributed by atoms with E-state index in [0.717, 1.165) is 28.0 Å². The van der Waals surface area contributed by atoms with Gasteiger partial charge in [-0.2, -0.15) is 10.2 Å². The molecule has 1 atom stereocenters. The number of aromatic nitrogens is 5. The second-order valence-corrected chi connectivity index (χ2v) is 7.99. The Hall–Kier alpha value is -3.55. The molecule has 0 spiro atoms. The first-order chi connectivity index (χ1) is 14.8.